The zero-order chi connectivity index (χ0) is 15.5. The number of ether oxygens (including phenoxy) is 1. The lowest BCUT2D eigenvalue weighted by Crippen LogP contribution is -2.14. The first-order chi connectivity index (χ1) is 10.9. The van der Waals surface area contributed by atoms with E-state index >= 15 is 0 Å². The van der Waals surface area contributed by atoms with Crippen LogP contribution < -0.4 is 0 Å². The van der Waals surface area contributed by atoms with Crippen LogP contribution in [0.2, 0.25) is 0 Å². The van der Waals surface area contributed by atoms with Crippen molar-refractivity contribution in [2.24, 2.45) is 0 Å². The minimum absolute atomic E-state index is 0.465. The van der Waals surface area contributed by atoms with Crippen molar-refractivity contribution in [2.75, 3.05) is 18.1 Å². The Balaban J connectivity index is 1.71. The molecule has 0 N–H and O–H groups in total. The van der Waals surface area contributed by atoms with Gasteiger partial charge in [0.2, 0.25) is 0 Å². The highest BCUT2D eigenvalue weighted by molar-refractivity contribution is 7.96. The van der Waals surface area contributed by atoms with E-state index in [0.717, 1.165) is 6.61 Å². The van der Waals surface area contributed by atoms with Crippen molar-refractivity contribution >= 4 is 10.9 Å². The molecule has 2 rings (SSSR count). The second-order valence-electron chi connectivity index (χ2n) is 6.41. The molecule has 1 saturated heterocycles. The Morgan fingerprint density at radius 2 is 1.77 bits per heavy atom. The van der Waals surface area contributed by atoms with E-state index in [9.17, 15) is 0 Å². The first kappa shape index (κ1) is 17.9. The van der Waals surface area contributed by atoms with Crippen molar-refractivity contribution in [1.82, 2.24) is 0 Å². The lowest BCUT2D eigenvalue weighted by Gasteiger charge is -2.11. The topological polar surface area (TPSA) is 9.23 Å². The van der Waals surface area contributed by atoms with E-state index in [1.807, 2.05) is 0 Å². The Bertz CT molecular complexity index is 373. The molecule has 0 aliphatic carbocycles. The van der Waals surface area contributed by atoms with Crippen LogP contribution in [-0.2, 0) is 15.6 Å². The first-order valence-corrected chi connectivity index (χ1v) is 10.8. The first-order valence-electron chi connectivity index (χ1n) is 9.24. The fraction of sp³-hybridized carbons (Fsp3) is 0.700. The molecular weight excluding hydrogens is 288 g/mol. The minimum Gasteiger partial charge on any atom is -0.378 e. The summed E-state index contributed by atoms with van der Waals surface area (Å²) in [6.45, 7) is 3.29. The molecule has 0 aromatic heterocycles. The zero-order valence-electron chi connectivity index (χ0n) is 14.3. The van der Waals surface area contributed by atoms with Crippen LogP contribution in [-0.4, -0.2) is 24.2 Å². The van der Waals surface area contributed by atoms with Crippen LogP contribution in [0.1, 0.15) is 64.7 Å². The fourth-order valence-electron chi connectivity index (χ4n) is 3.17. The maximum atomic E-state index is 5.74. The van der Waals surface area contributed by atoms with Gasteiger partial charge >= 0.3 is 0 Å². The summed E-state index contributed by atoms with van der Waals surface area (Å²) in [5.74, 6) is 2.77. The fourth-order valence-corrected chi connectivity index (χ4v) is 5.50. The van der Waals surface area contributed by atoms with Crippen LogP contribution in [0.25, 0.3) is 0 Å². The van der Waals surface area contributed by atoms with Crippen molar-refractivity contribution in [2.45, 2.75) is 75.7 Å². The molecule has 1 heterocycles. The standard InChI is InChI=1S/C20H33OS/c1-2-3-4-9-17-22(20-14-6-5-7-15-20)18-10-8-12-19-13-11-16-21-19/h5-7,14-15,19H,2-4,8-13,16-18H2,1H3/q+1. The van der Waals surface area contributed by atoms with Crippen LogP contribution in [0, 0.1) is 0 Å². The average molecular weight is 322 g/mol. The van der Waals surface area contributed by atoms with Gasteiger partial charge < -0.3 is 4.74 Å². The van der Waals surface area contributed by atoms with Gasteiger partial charge in [0, 0.05) is 17.5 Å². The summed E-state index contributed by atoms with van der Waals surface area (Å²) in [5.41, 5.74) is 0. The molecule has 1 aliphatic heterocycles. The van der Waals surface area contributed by atoms with Crippen molar-refractivity contribution in [3.8, 4) is 0 Å². The molecule has 2 heteroatoms. The summed E-state index contributed by atoms with van der Waals surface area (Å²) in [4.78, 5) is 1.58. The van der Waals surface area contributed by atoms with Gasteiger partial charge in [-0.1, -0.05) is 38.0 Å². The number of rotatable bonds is 11. The third kappa shape index (κ3) is 6.75. The van der Waals surface area contributed by atoms with Gasteiger partial charge in [0.05, 0.1) is 6.10 Å². The molecule has 1 fully saturated rings. The highest BCUT2D eigenvalue weighted by atomic mass is 32.2. The molecule has 0 amide bonds. The van der Waals surface area contributed by atoms with Crippen LogP contribution in [0.5, 0.6) is 0 Å². The molecule has 1 nitrogen and oxygen atoms in total. The molecule has 2 atom stereocenters. The average Bonchev–Trinajstić information content (AvgIpc) is 3.07. The van der Waals surface area contributed by atoms with Crippen LogP contribution in [0.15, 0.2) is 35.2 Å². The number of hydrogen-bond donors (Lipinski definition) is 0. The Labute approximate surface area is 140 Å². The normalized spacial score (nSPS) is 19.4. The molecule has 0 spiro atoms. The lowest BCUT2D eigenvalue weighted by atomic mass is 10.1. The summed E-state index contributed by atoms with van der Waals surface area (Å²) in [6, 6.07) is 11.2. The number of hydrogen-bond acceptors (Lipinski definition) is 1. The lowest BCUT2D eigenvalue weighted by molar-refractivity contribution is 0.102. The molecule has 0 bridgehead atoms. The van der Waals surface area contributed by atoms with Crippen LogP contribution >= 0.6 is 0 Å². The van der Waals surface area contributed by atoms with E-state index in [1.165, 1.54) is 69.3 Å². The molecule has 2 unspecified atom stereocenters. The second-order valence-corrected chi connectivity index (χ2v) is 8.68. The van der Waals surface area contributed by atoms with Crippen molar-refractivity contribution in [1.29, 1.82) is 0 Å². The van der Waals surface area contributed by atoms with Gasteiger partial charge in [-0.25, -0.2) is 0 Å². The predicted molar refractivity (Wildman–Crippen MR) is 98.8 cm³/mol. The highest BCUT2D eigenvalue weighted by Gasteiger charge is 2.21. The smallest absolute Gasteiger partial charge is 0.154 e. The summed E-state index contributed by atoms with van der Waals surface area (Å²) >= 11 is 0. The molecule has 124 valence electrons. The minimum atomic E-state index is 0.465. The largest absolute Gasteiger partial charge is 0.378 e. The highest BCUT2D eigenvalue weighted by Crippen LogP contribution is 2.21. The van der Waals surface area contributed by atoms with E-state index in [1.54, 1.807) is 4.90 Å². The number of unbranched alkanes of at least 4 members (excludes halogenated alkanes) is 4. The van der Waals surface area contributed by atoms with Gasteiger partial charge in [0.1, 0.15) is 11.5 Å². The Kier molecular flexibility index (Phi) is 9.04. The second kappa shape index (κ2) is 11.1. The van der Waals surface area contributed by atoms with E-state index in [-0.39, 0.29) is 0 Å². The van der Waals surface area contributed by atoms with Gasteiger partial charge in [0.25, 0.3) is 0 Å². The van der Waals surface area contributed by atoms with Gasteiger partial charge in [-0.15, -0.1) is 0 Å². The van der Waals surface area contributed by atoms with Crippen molar-refractivity contribution in [3.05, 3.63) is 30.3 Å². The quantitative estimate of drug-likeness (QED) is 0.381. The van der Waals surface area contributed by atoms with E-state index < -0.39 is 0 Å². The SMILES string of the molecule is CCCCCC[S+](CCCCC1CCCO1)c1ccccc1. The Morgan fingerprint density at radius 1 is 1.00 bits per heavy atom. The van der Waals surface area contributed by atoms with E-state index in [2.05, 4.69) is 37.3 Å². The van der Waals surface area contributed by atoms with Crippen LogP contribution in [0.4, 0.5) is 0 Å². The predicted octanol–water partition coefficient (Wildman–Crippen LogP) is 5.59. The molecule has 22 heavy (non-hydrogen) atoms. The summed E-state index contributed by atoms with van der Waals surface area (Å²) in [6.07, 6.45) is 12.7. The summed E-state index contributed by atoms with van der Waals surface area (Å²) in [5, 5.41) is 0. The third-order valence-electron chi connectivity index (χ3n) is 4.51. The molecule has 1 aromatic carbocycles. The Morgan fingerprint density at radius 3 is 2.45 bits per heavy atom. The molecular formula is C20H33OS+. The van der Waals surface area contributed by atoms with Crippen molar-refractivity contribution in [3.63, 3.8) is 0 Å². The maximum absolute atomic E-state index is 5.74. The van der Waals surface area contributed by atoms with Gasteiger partial charge in [-0.3, -0.25) is 0 Å². The number of benzene rings is 1. The summed E-state index contributed by atoms with van der Waals surface area (Å²) in [7, 11) is 0.465. The van der Waals surface area contributed by atoms with Gasteiger partial charge in [-0.2, -0.15) is 0 Å². The third-order valence-corrected chi connectivity index (χ3v) is 7.01. The zero-order valence-corrected chi connectivity index (χ0v) is 15.1. The summed E-state index contributed by atoms with van der Waals surface area (Å²) < 4.78 is 5.74. The molecule has 1 aromatic rings. The maximum Gasteiger partial charge on any atom is 0.154 e. The molecule has 0 radical (unpaired) electrons. The molecule has 1 aliphatic rings. The van der Waals surface area contributed by atoms with Gasteiger partial charge in [-0.05, 0) is 57.1 Å². The monoisotopic (exact) mass is 321 g/mol. The van der Waals surface area contributed by atoms with Crippen molar-refractivity contribution < 1.29 is 4.74 Å². The molecule has 0 saturated carbocycles. The van der Waals surface area contributed by atoms with Gasteiger partial charge in [0.15, 0.2) is 4.90 Å². The van der Waals surface area contributed by atoms with E-state index in [4.69, 9.17) is 4.74 Å². The van der Waals surface area contributed by atoms with E-state index in [0.29, 0.717) is 17.0 Å². The van der Waals surface area contributed by atoms with Crippen LogP contribution in [0.3, 0.4) is 0 Å². The Hall–Kier alpha value is -0.470.